The van der Waals surface area contributed by atoms with E-state index in [1.54, 1.807) is 0 Å². The number of Topliss-reactive ketones (excluding diaryl/α,β-unsaturated/α-hetero) is 1. The normalized spacial score (nSPS) is 19.6. The van der Waals surface area contributed by atoms with Crippen LogP contribution in [0.4, 0.5) is 0 Å². The highest BCUT2D eigenvalue weighted by molar-refractivity contribution is 7.12. The molecule has 0 radical (unpaired) electrons. The fraction of sp³-hybridized carbons (Fsp3) is 0.615. The number of rotatable bonds is 7. The summed E-state index contributed by atoms with van der Waals surface area (Å²) < 4.78 is 11.0. The van der Waals surface area contributed by atoms with Crippen molar-refractivity contribution in [2.75, 3.05) is 19.8 Å². The molecule has 94 valence electrons. The van der Waals surface area contributed by atoms with E-state index < -0.39 is 0 Å². The average molecular weight is 254 g/mol. The minimum Gasteiger partial charge on any atom is -0.379 e. The zero-order valence-corrected chi connectivity index (χ0v) is 10.7. The number of carbonyl (C=O) groups excluding carboxylic acids is 1. The van der Waals surface area contributed by atoms with Crippen LogP contribution in [-0.2, 0) is 9.47 Å². The first kappa shape index (κ1) is 12.7. The molecule has 0 amide bonds. The average Bonchev–Trinajstić information content (AvgIpc) is 3.01. The molecule has 1 aromatic rings. The van der Waals surface area contributed by atoms with Crippen molar-refractivity contribution < 1.29 is 14.3 Å². The smallest absolute Gasteiger partial charge is 0.172 e. The summed E-state index contributed by atoms with van der Waals surface area (Å²) in [6.07, 6.45) is 3.90. The van der Waals surface area contributed by atoms with Gasteiger partial charge in [-0.1, -0.05) is 6.07 Å². The van der Waals surface area contributed by atoms with Gasteiger partial charge in [0.2, 0.25) is 0 Å². The van der Waals surface area contributed by atoms with Gasteiger partial charge >= 0.3 is 0 Å². The van der Waals surface area contributed by atoms with Crippen molar-refractivity contribution in [2.45, 2.75) is 31.8 Å². The molecule has 1 aliphatic rings. The number of hydrogen-bond donors (Lipinski definition) is 0. The van der Waals surface area contributed by atoms with Crippen LogP contribution in [0.15, 0.2) is 17.5 Å². The van der Waals surface area contributed by atoms with E-state index in [1.807, 2.05) is 17.5 Å². The van der Waals surface area contributed by atoms with Crippen LogP contribution in [0.1, 0.15) is 35.4 Å². The predicted molar refractivity (Wildman–Crippen MR) is 67.7 cm³/mol. The highest BCUT2D eigenvalue weighted by Gasteiger charge is 2.15. The Morgan fingerprint density at radius 2 is 2.53 bits per heavy atom. The molecule has 1 fully saturated rings. The number of hydrogen-bond acceptors (Lipinski definition) is 4. The molecular weight excluding hydrogens is 236 g/mol. The van der Waals surface area contributed by atoms with E-state index >= 15 is 0 Å². The third kappa shape index (κ3) is 4.22. The molecule has 2 rings (SSSR count). The summed E-state index contributed by atoms with van der Waals surface area (Å²) in [4.78, 5) is 12.5. The molecule has 3 nitrogen and oxygen atoms in total. The van der Waals surface area contributed by atoms with Gasteiger partial charge in [0.15, 0.2) is 5.78 Å². The van der Waals surface area contributed by atoms with E-state index in [4.69, 9.17) is 9.47 Å². The van der Waals surface area contributed by atoms with E-state index in [-0.39, 0.29) is 11.9 Å². The summed E-state index contributed by atoms with van der Waals surface area (Å²) >= 11 is 1.50. The molecule has 0 saturated carbocycles. The molecule has 1 atom stereocenters. The third-order valence-corrected chi connectivity index (χ3v) is 3.73. The first-order valence-electron chi connectivity index (χ1n) is 6.12. The fourth-order valence-electron chi connectivity index (χ4n) is 1.89. The van der Waals surface area contributed by atoms with Crippen molar-refractivity contribution in [3.05, 3.63) is 22.4 Å². The van der Waals surface area contributed by atoms with Crippen LogP contribution in [0.2, 0.25) is 0 Å². The first-order valence-corrected chi connectivity index (χ1v) is 7.00. The van der Waals surface area contributed by atoms with Crippen molar-refractivity contribution in [1.29, 1.82) is 0 Å². The number of carbonyl (C=O) groups is 1. The molecule has 17 heavy (non-hydrogen) atoms. The summed E-state index contributed by atoms with van der Waals surface area (Å²) in [5.74, 6) is 0.223. The predicted octanol–water partition coefficient (Wildman–Crippen LogP) is 2.91. The Labute approximate surface area is 106 Å². The van der Waals surface area contributed by atoms with Crippen LogP contribution in [-0.4, -0.2) is 31.7 Å². The number of ether oxygens (including phenoxy) is 2. The van der Waals surface area contributed by atoms with Crippen molar-refractivity contribution in [3.8, 4) is 0 Å². The van der Waals surface area contributed by atoms with E-state index in [1.165, 1.54) is 11.3 Å². The molecule has 0 bridgehead atoms. The Morgan fingerprint density at radius 1 is 1.59 bits per heavy atom. The van der Waals surface area contributed by atoms with Crippen molar-refractivity contribution in [1.82, 2.24) is 0 Å². The van der Waals surface area contributed by atoms with Crippen LogP contribution >= 0.6 is 11.3 Å². The zero-order valence-electron chi connectivity index (χ0n) is 9.89. The molecule has 2 heterocycles. The molecule has 1 aromatic heterocycles. The topological polar surface area (TPSA) is 35.5 Å². The van der Waals surface area contributed by atoms with Crippen LogP contribution in [0, 0.1) is 0 Å². The Morgan fingerprint density at radius 3 is 3.24 bits per heavy atom. The largest absolute Gasteiger partial charge is 0.379 e. The monoisotopic (exact) mass is 254 g/mol. The Balaban J connectivity index is 1.52. The van der Waals surface area contributed by atoms with Crippen molar-refractivity contribution in [3.63, 3.8) is 0 Å². The molecular formula is C13H18O3S. The van der Waals surface area contributed by atoms with Gasteiger partial charge in [0, 0.05) is 19.6 Å². The van der Waals surface area contributed by atoms with Crippen molar-refractivity contribution >= 4 is 17.1 Å². The number of thiophene rings is 1. The van der Waals surface area contributed by atoms with Gasteiger partial charge in [0.05, 0.1) is 17.6 Å². The maximum atomic E-state index is 11.7. The van der Waals surface area contributed by atoms with Gasteiger partial charge in [0.25, 0.3) is 0 Å². The van der Waals surface area contributed by atoms with Gasteiger partial charge in [-0.2, -0.15) is 0 Å². The second-order valence-electron chi connectivity index (χ2n) is 4.21. The molecule has 0 aromatic carbocycles. The lowest BCUT2D eigenvalue weighted by Crippen LogP contribution is -2.14. The van der Waals surface area contributed by atoms with Gasteiger partial charge in [-0.25, -0.2) is 0 Å². The van der Waals surface area contributed by atoms with Gasteiger partial charge < -0.3 is 9.47 Å². The minimum absolute atomic E-state index is 0.223. The lowest BCUT2D eigenvalue weighted by Gasteiger charge is -2.09. The van der Waals surface area contributed by atoms with Crippen LogP contribution in [0.3, 0.4) is 0 Å². The van der Waals surface area contributed by atoms with Gasteiger partial charge in [-0.3, -0.25) is 4.79 Å². The van der Waals surface area contributed by atoms with E-state index in [2.05, 4.69) is 0 Å². The second kappa shape index (κ2) is 6.89. The highest BCUT2D eigenvalue weighted by Crippen LogP contribution is 2.13. The maximum absolute atomic E-state index is 11.7. The quantitative estimate of drug-likeness (QED) is 0.554. The second-order valence-corrected chi connectivity index (χ2v) is 5.16. The summed E-state index contributed by atoms with van der Waals surface area (Å²) in [6, 6.07) is 3.78. The SMILES string of the molecule is O=C(CCCOCC1CCCO1)c1cccs1. The van der Waals surface area contributed by atoms with E-state index in [9.17, 15) is 4.79 Å². The zero-order chi connectivity index (χ0) is 11.9. The lowest BCUT2D eigenvalue weighted by atomic mass is 10.2. The summed E-state index contributed by atoms with van der Waals surface area (Å²) in [5, 5.41) is 1.93. The Hall–Kier alpha value is -0.710. The molecule has 4 heteroatoms. The summed E-state index contributed by atoms with van der Waals surface area (Å²) in [5.41, 5.74) is 0. The maximum Gasteiger partial charge on any atom is 0.172 e. The van der Waals surface area contributed by atoms with E-state index in [0.29, 0.717) is 19.6 Å². The molecule has 1 aliphatic heterocycles. The van der Waals surface area contributed by atoms with Gasteiger partial charge in [0.1, 0.15) is 0 Å². The van der Waals surface area contributed by atoms with E-state index in [0.717, 1.165) is 30.7 Å². The highest BCUT2D eigenvalue weighted by atomic mass is 32.1. The first-order chi connectivity index (χ1) is 8.36. The number of ketones is 1. The van der Waals surface area contributed by atoms with Crippen LogP contribution < -0.4 is 0 Å². The molecule has 0 aliphatic carbocycles. The Bertz CT molecular complexity index is 328. The summed E-state index contributed by atoms with van der Waals surface area (Å²) in [6.45, 7) is 2.19. The standard InChI is InChI=1S/C13H18O3S/c14-12(13-6-3-9-17-13)5-2-7-15-10-11-4-1-8-16-11/h3,6,9,11H,1-2,4-5,7-8,10H2. The summed E-state index contributed by atoms with van der Waals surface area (Å²) in [7, 11) is 0. The molecule has 1 unspecified atom stereocenters. The fourth-order valence-corrected chi connectivity index (χ4v) is 2.58. The third-order valence-electron chi connectivity index (χ3n) is 2.82. The molecule has 1 saturated heterocycles. The minimum atomic E-state index is 0.223. The lowest BCUT2D eigenvalue weighted by molar-refractivity contribution is 0.0163. The Kier molecular flexibility index (Phi) is 5.16. The van der Waals surface area contributed by atoms with Crippen LogP contribution in [0.5, 0.6) is 0 Å². The van der Waals surface area contributed by atoms with Crippen LogP contribution in [0.25, 0.3) is 0 Å². The van der Waals surface area contributed by atoms with Crippen molar-refractivity contribution in [2.24, 2.45) is 0 Å². The molecule has 0 N–H and O–H groups in total. The van der Waals surface area contributed by atoms with Gasteiger partial charge in [-0.15, -0.1) is 11.3 Å². The molecule has 0 spiro atoms. The van der Waals surface area contributed by atoms with Gasteiger partial charge in [-0.05, 0) is 30.7 Å².